The van der Waals surface area contributed by atoms with E-state index in [9.17, 15) is 14.4 Å². The molecular formula is C24H27N3O5. The molecule has 4 rings (SSSR count). The molecule has 2 aliphatic rings. The van der Waals surface area contributed by atoms with Crippen molar-refractivity contribution in [2.45, 2.75) is 31.4 Å². The van der Waals surface area contributed by atoms with Crippen LogP contribution >= 0.6 is 0 Å². The first kappa shape index (κ1) is 21.7. The average Bonchev–Trinajstić information content (AvgIpc) is 3.04. The zero-order chi connectivity index (χ0) is 22.6. The van der Waals surface area contributed by atoms with E-state index in [1.54, 1.807) is 24.0 Å². The van der Waals surface area contributed by atoms with Gasteiger partial charge in [0.25, 0.3) is 11.8 Å². The minimum atomic E-state index is -0.954. The molecule has 2 heterocycles. The van der Waals surface area contributed by atoms with Gasteiger partial charge in [0, 0.05) is 13.1 Å². The number of hydrogen-bond donors (Lipinski definition) is 1. The second-order valence-electron chi connectivity index (χ2n) is 8.03. The quantitative estimate of drug-likeness (QED) is 0.673. The third-order valence-electron chi connectivity index (χ3n) is 5.91. The van der Waals surface area contributed by atoms with E-state index in [1.165, 1.54) is 4.90 Å². The van der Waals surface area contributed by atoms with Crippen molar-refractivity contribution in [2.24, 2.45) is 0 Å². The zero-order valence-electron chi connectivity index (χ0n) is 18.0. The number of rotatable bonds is 7. The third kappa shape index (κ3) is 4.54. The lowest BCUT2D eigenvalue weighted by atomic mass is 9.87. The van der Waals surface area contributed by atoms with Gasteiger partial charge in [-0.15, -0.1) is 0 Å². The molecule has 1 atom stereocenters. The molecule has 2 aromatic carbocycles. The number of amides is 4. The van der Waals surface area contributed by atoms with E-state index < -0.39 is 17.7 Å². The third-order valence-corrected chi connectivity index (χ3v) is 5.91. The summed E-state index contributed by atoms with van der Waals surface area (Å²) in [6, 6.07) is 18.0. The van der Waals surface area contributed by atoms with E-state index in [4.69, 9.17) is 9.47 Å². The van der Waals surface area contributed by atoms with Gasteiger partial charge in [-0.3, -0.25) is 14.5 Å². The summed E-state index contributed by atoms with van der Waals surface area (Å²) in [5, 5.41) is 2.86. The van der Waals surface area contributed by atoms with Crippen molar-refractivity contribution in [1.29, 1.82) is 0 Å². The first-order valence-corrected chi connectivity index (χ1v) is 10.8. The fourth-order valence-corrected chi connectivity index (χ4v) is 4.11. The maximum absolute atomic E-state index is 13.0. The van der Waals surface area contributed by atoms with Gasteiger partial charge in [0.05, 0.1) is 6.54 Å². The molecule has 0 saturated carbocycles. The number of para-hydroxylation sites is 2. The van der Waals surface area contributed by atoms with Crippen molar-refractivity contribution in [1.82, 2.24) is 15.1 Å². The van der Waals surface area contributed by atoms with Gasteiger partial charge in [0.2, 0.25) is 0 Å². The Morgan fingerprint density at radius 1 is 1.00 bits per heavy atom. The van der Waals surface area contributed by atoms with Gasteiger partial charge in [-0.25, -0.2) is 4.79 Å². The molecule has 2 aromatic rings. The Balaban J connectivity index is 1.29. The van der Waals surface area contributed by atoms with Crippen molar-refractivity contribution in [2.75, 3.05) is 26.2 Å². The van der Waals surface area contributed by atoms with Crippen LogP contribution in [0.4, 0.5) is 4.79 Å². The number of piperidine rings is 1. The number of ether oxygens (including phenoxy) is 2. The highest BCUT2D eigenvalue weighted by Gasteiger charge is 2.52. The van der Waals surface area contributed by atoms with Crippen LogP contribution in [0.1, 0.15) is 19.8 Å². The molecule has 8 heteroatoms. The number of likely N-dealkylation sites (tertiary alicyclic amines) is 1. The van der Waals surface area contributed by atoms with E-state index in [1.807, 2.05) is 48.5 Å². The fraction of sp³-hybridized carbons (Fsp3) is 0.375. The summed E-state index contributed by atoms with van der Waals surface area (Å²) in [5.41, 5.74) is -0.954. The molecule has 4 amide bonds. The maximum atomic E-state index is 13.0. The minimum absolute atomic E-state index is 0.131. The smallest absolute Gasteiger partial charge is 0.325 e. The zero-order valence-corrected chi connectivity index (χ0v) is 18.0. The van der Waals surface area contributed by atoms with Crippen LogP contribution in [-0.2, 0) is 9.59 Å². The highest BCUT2D eigenvalue weighted by atomic mass is 16.5. The molecule has 168 valence electrons. The molecule has 0 radical (unpaired) electrons. The molecule has 2 fully saturated rings. The average molecular weight is 437 g/mol. The lowest BCUT2D eigenvalue weighted by Gasteiger charge is -2.38. The van der Waals surface area contributed by atoms with Crippen LogP contribution < -0.4 is 14.8 Å². The van der Waals surface area contributed by atoms with Gasteiger partial charge in [-0.05, 0) is 44.0 Å². The van der Waals surface area contributed by atoms with E-state index in [2.05, 4.69) is 5.32 Å². The Morgan fingerprint density at radius 3 is 2.22 bits per heavy atom. The van der Waals surface area contributed by atoms with Crippen LogP contribution in [0.2, 0.25) is 0 Å². The topological polar surface area (TPSA) is 88.2 Å². The fourth-order valence-electron chi connectivity index (χ4n) is 4.11. The molecular weight excluding hydrogens is 410 g/mol. The first-order chi connectivity index (χ1) is 15.5. The predicted molar refractivity (Wildman–Crippen MR) is 117 cm³/mol. The SMILES string of the molecule is C[C@H](Oc1ccccc1)C(=O)N1CCC2(CC1)NC(=O)N(CCOc1ccccc1)C2=O. The minimum Gasteiger partial charge on any atom is -0.492 e. The van der Waals surface area contributed by atoms with Crippen LogP contribution in [0.3, 0.4) is 0 Å². The summed E-state index contributed by atoms with van der Waals surface area (Å²) >= 11 is 0. The maximum Gasteiger partial charge on any atom is 0.325 e. The standard InChI is InChI=1S/C24H27N3O5/c1-18(32-20-10-6-3-7-11-20)21(28)26-14-12-24(13-15-26)22(29)27(23(30)25-24)16-17-31-19-8-4-2-5-9-19/h2-11,18H,12-17H2,1H3,(H,25,30)/t18-/m0/s1. The van der Waals surface area contributed by atoms with Gasteiger partial charge in [0.1, 0.15) is 23.6 Å². The van der Waals surface area contributed by atoms with Crippen LogP contribution in [0.25, 0.3) is 0 Å². The Bertz CT molecular complexity index is 958. The van der Waals surface area contributed by atoms with Gasteiger partial charge in [0.15, 0.2) is 6.10 Å². The number of carbonyl (C=O) groups excluding carboxylic acids is 3. The van der Waals surface area contributed by atoms with Crippen molar-refractivity contribution in [3.63, 3.8) is 0 Å². The Labute approximate surface area is 187 Å². The van der Waals surface area contributed by atoms with E-state index in [0.717, 1.165) is 0 Å². The predicted octanol–water partition coefficient (Wildman–Crippen LogP) is 2.45. The molecule has 0 aliphatic carbocycles. The monoisotopic (exact) mass is 437 g/mol. The van der Waals surface area contributed by atoms with Crippen molar-refractivity contribution in [3.8, 4) is 11.5 Å². The van der Waals surface area contributed by atoms with Crippen LogP contribution in [-0.4, -0.2) is 65.5 Å². The summed E-state index contributed by atoms with van der Waals surface area (Å²) in [6.07, 6.45) is 0.112. The molecule has 1 N–H and O–H groups in total. The van der Waals surface area contributed by atoms with Crippen LogP contribution in [0.15, 0.2) is 60.7 Å². The van der Waals surface area contributed by atoms with E-state index >= 15 is 0 Å². The molecule has 0 aromatic heterocycles. The summed E-state index contributed by atoms with van der Waals surface area (Å²) in [7, 11) is 0. The number of benzene rings is 2. The molecule has 2 saturated heterocycles. The lowest BCUT2D eigenvalue weighted by Crippen LogP contribution is -2.57. The normalized spacial score (nSPS) is 18.4. The Morgan fingerprint density at radius 2 is 1.59 bits per heavy atom. The largest absolute Gasteiger partial charge is 0.492 e. The number of imide groups is 1. The molecule has 32 heavy (non-hydrogen) atoms. The molecule has 0 bridgehead atoms. The summed E-state index contributed by atoms with van der Waals surface area (Å²) < 4.78 is 11.4. The highest BCUT2D eigenvalue weighted by molar-refractivity contribution is 6.07. The second-order valence-corrected chi connectivity index (χ2v) is 8.03. The summed E-state index contributed by atoms with van der Waals surface area (Å²) in [6.45, 7) is 2.87. The highest BCUT2D eigenvalue weighted by Crippen LogP contribution is 2.30. The van der Waals surface area contributed by atoms with Crippen molar-refractivity contribution >= 4 is 17.8 Å². The van der Waals surface area contributed by atoms with Gasteiger partial charge >= 0.3 is 6.03 Å². The first-order valence-electron chi connectivity index (χ1n) is 10.8. The van der Waals surface area contributed by atoms with Gasteiger partial charge in [-0.1, -0.05) is 36.4 Å². The molecule has 2 aliphatic heterocycles. The number of hydrogen-bond acceptors (Lipinski definition) is 5. The Kier molecular flexibility index (Phi) is 6.30. The van der Waals surface area contributed by atoms with E-state index in [-0.39, 0.29) is 25.0 Å². The number of carbonyl (C=O) groups is 3. The number of urea groups is 1. The molecule has 1 spiro atoms. The second kappa shape index (κ2) is 9.30. The van der Waals surface area contributed by atoms with Crippen LogP contribution in [0.5, 0.6) is 11.5 Å². The van der Waals surface area contributed by atoms with Crippen molar-refractivity contribution < 1.29 is 23.9 Å². The molecule has 8 nitrogen and oxygen atoms in total. The van der Waals surface area contributed by atoms with Crippen molar-refractivity contribution in [3.05, 3.63) is 60.7 Å². The van der Waals surface area contributed by atoms with E-state index in [0.29, 0.717) is 37.4 Å². The molecule has 0 unspecified atom stereocenters. The Hall–Kier alpha value is -3.55. The van der Waals surface area contributed by atoms with Crippen LogP contribution in [0, 0.1) is 0 Å². The lowest BCUT2D eigenvalue weighted by molar-refractivity contribution is -0.142. The number of nitrogens with zero attached hydrogens (tertiary/aromatic N) is 2. The van der Waals surface area contributed by atoms with Gasteiger partial charge in [-0.2, -0.15) is 0 Å². The number of nitrogens with one attached hydrogen (secondary N) is 1. The van der Waals surface area contributed by atoms with Gasteiger partial charge < -0.3 is 19.7 Å². The summed E-state index contributed by atoms with van der Waals surface area (Å²) in [4.78, 5) is 41.2. The summed E-state index contributed by atoms with van der Waals surface area (Å²) in [5.74, 6) is 0.940.